The summed E-state index contributed by atoms with van der Waals surface area (Å²) in [7, 11) is 1.63. The number of amides is 1. The molecule has 0 fully saturated rings. The fourth-order valence-electron chi connectivity index (χ4n) is 2.74. The summed E-state index contributed by atoms with van der Waals surface area (Å²) in [6, 6.07) is 9.41. The third kappa shape index (κ3) is 2.40. The third-order valence-corrected chi connectivity index (χ3v) is 3.98. The van der Waals surface area contributed by atoms with Gasteiger partial charge in [0.15, 0.2) is 0 Å². The van der Waals surface area contributed by atoms with Crippen LogP contribution in [-0.2, 0) is 13.1 Å². The van der Waals surface area contributed by atoms with Crippen LogP contribution in [0.2, 0.25) is 0 Å². The lowest BCUT2D eigenvalue weighted by Gasteiger charge is -2.21. The summed E-state index contributed by atoms with van der Waals surface area (Å²) >= 11 is 0. The minimum absolute atomic E-state index is 0.202. The Balaban J connectivity index is 1.61. The number of hydrogen-bond acceptors (Lipinski definition) is 5. The number of benzene rings is 1. The van der Waals surface area contributed by atoms with Crippen LogP contribution >= 0.6 is 0 Å². The smallest absolute Gasteiger partial charge is 0.257 e. The molecule has 2 N–H and O–H groups in total. The van der Waals surface area contributed by atoms with E-state index in [1.54, 1.807) is 30.3 Å². The first kappa shape index (κ1) is 14.4. The predicted octanol–water partition coefficient (Wildman–Crippen LogP) is 2.33. The molecule has 4 rings (SSSR count). The second-order valence-corrected chi connectivity index (χ2v) is 5.43. The summed E-state index contributed by atoms with van der Waals surface area (Å²) < 4.78 is 12.2. The van der Waals surface area contributed by atoms with E-state index in [1.807, 2.05) is 24.3 Å². The van der Waals surface area contributed by atoms with Gasteiger partial charge in [0.1, 0.15) is 22.9 Å². The molecule has 122 valence electrons. The number of aromatic nitrogens is 2. The molecule has 1 aromatic carbocycles. The van der Waals surface area contributed by atoms with Gasteiger partial charge in [-0.3, -0.25) is 4.79 Å². The molecular weight excluding hydrogens is 308 g/mol. The lowest BCUT2D eigenvalue weighted by molar-refractivity contribution is 0.0949. The van der Waals surface area contributed by atoms with Crippen LogP contribution in [0.1, 0.15) is 21.7 Å². The Bertz CT molecular complexity index is 883. The van der Waals surface area contributed by atoms with Gasteiger partial charge >= 0.3 is 0 Å². The maximum Gasteiger partial charge on any atom is 0.257 e. The van der Waals surface area contributed by atoms with Crippen molar-refractivity contribution >= 4 is 11.7 Å². The highest BCUT2D eigenvalue weighted by Crippen LogP contribution is 2.30. The predicted molar refractivity (Wildman–Crippen MR) is 87.3 cm³/mol. The largest absolute Gasteiger partial charge is 0.497 e. The van der Waals surface area contributed by atoms with Gasteiger partial charge in [-0.15, -0.1) is 0 Å². The average Bonchev–Trinajstić information content (AvgIpc) is 3.28. The van der Waals surface area contributed by atoms with Crippen molar-refractivity contribution in [1.82, 2.24) is 15.1 Å². The molecule has 0 bridgehead atoms. The monoisotopic (exact) mass is 324 g/mol. The molecule has 1 aliphatic rings. The summed E-state index contributed by atoms with van der Waals surface area (Å²) in [5.74, 6) is 1.92. The van der Waals surface area contributed by atoms with Gasteiger partial charge in [-0.1, -0.05) is 6.07 Å². The van der Waals surface area contributed by atoms with E-state index < -0.39 is 0 Å². The first-order valence-corrected chi connectivity index (χ1v) is 7.56. The van der Waals surface area contributed by atoms with Crippen molar-refractivity contribution in [3.8, 4) is 11.4 Å². The van der Waals surface area contributed by atoms with E-state index >= 15 is 0 Å². The second-order valence-electron chi connectivity index (χ2n) is 5.43. The van der Waals surface area contributed by atoms with Crippen molar-refractivity contribution in [2.75, 3.05) is 12.4 Å². The zero-order chi connectivity index (χ0) is 16.5. The summed E-state index contributed by atoms with van der Waals surface area (Å²) in [6.07, 6.45) is 3.14. The van der Waals surface area contributed by atoms with Gasteiger partial charge in [-0.25, -0.2) is 4.68 Å². The Kier molecular flexibility index (Phi) is 3.45. The number of carbonyl (C=O) groups excluding carboxylic acids is 1. The zero-order valence-electron chi connectivity index (χ0n) is 13.1. The Labute approximate surface area is 138 Å². The molecule has 3 aromatic rings. The number of rotatable bonds is 4. The highest BCUT2D eigenvalue weighted by molar-refractivity contribution is 5.99. The van der Waals surface area contributed by atoms with Crippen LogP contribution in [0, 0.1) is 0 Å². The molecule has 0 saturated carbocycles. The van der Waals surface area contributed by atoms with Crippen LogP contribution in [0.3, 0.4) is 0 Å². The molecule has 24 heavy (non-hydrogen) atoms. The average molecular weight is 324 g/mol. The van der Waals surface area contributed by atoms with Crippen LogP contribution < -0.4 is 15.4 Å². The Morgan fingerprint density at radius 3 is 3.17 bits per heavy atom. The highest BCUT2D eigenvalue weighted by Gasteiger charge is 2.23. The van der Waals surface area contributed by atoms with Crippen molar-refractivity contribution in [1.29, 1.82) is 0 Å². The van der Waals surface area contributed by atoms with Crippen LogP contribution in [0.4, 0.5) is 5.82 Å². The zero-order valence-corrected chi connectivity index (χ0v) is 13.1. The second kappa shape index (κ2) is 5.77. The Morgan fingerprint density at radius 1 is 1.46 bits per heavy atom. The van der Waals surface area contributed by atoms with Crippen molar-refractivity contribution in [2.24, 2.45) is 0 Å². The first-order valence-electron chi connectivity index (χ1n) is 7.56. The normalized spacial score (nSPS) is 12.0. The number of fused-ring (bicyclic) bond motifs is 3. The minimum Gasteiger partial charge on any atom is -0.497 e. The van der Waals surface area contributed by atoms with E-state index in [2.05, 4.69) is 15.7 Å². The quantitative estimate of drug-likeness (QED) is 0.770. The van der Waals surface area contributed by atoms with Gasteiger partial charge < -0.3 is 19.8 Å². The maximum atomic E-state index is 12.4. The number of hydrogen-bond donors (Lipinski definition) is 2. The van der Waals surface area contributed by atoms with Crippen LogP contribution in [-0.4, -0.2) is 22.8 Å². The fourth-order valence-corrected chi connectivity index (χ4v) is 2.74. The molecule has 7 heteroatoms. The highest BCUT2D eigenvalue weighted by atomic mass is 16.5. The number of furan rings is 1. The molecule has 7 nitrogen and oxygen atoms in total. The number of carbonyl (C=O) groups is 1. The molecule has 3 heterocycles. The van der Waals surface area contributed by atoms with E-state index in [0.717, 1.165) is 17.0 Å². The molecule has 0 saturated heterocycles. The topological polar surface area (TPSA) is 81.3 Å². The van der Waals surface area contributed by atoms with Gasteiger partial charge in [0.05, 0.1) is 31.8 Å². The van der Waals surface area contributed by atoms with E-state index in [0.29, 0.717) is 30.2 Å². The molecule has 0 aliphatic carbocycles. The summed E-state index contributed by atoms with van der Waals surface area (Å²) in [5.41, 5.74) is 2.50. The van der Waals surface area contributed by atoms with Crippen molar-refractivity contribution in [2.45, 2.75) is 13.1 Å². The van der Waals surface area contributed by atoms with E-state index in [4.69, 9.17) is 9.15 Å². The van der Waals surface area contributed by atoms with Gasteiger partial charge in [-0.2, -0.15) is 5.10 Å². The van der Waals surface area contributed by atoms with E-state index in [-0.39, 0.29) is 5.91 Å². The SMILES string of the molecule is COc1ccc2c(c1)-n1ncc(C(=O)NCc3ccco3)c1NC2. The molecule has 0 radical (unpaired) electrons. The van der Waals surface area contributed by atoms with Gasteiger partial charge in [0.25, 0.3) is 5.91 Å². The molecule has 0 spiro atoms. The first-order chi connectivity index (χ1) is 11.8. The fraction of sp³-hybridized carbons (Fsp3) is 0.176. The van der Waals surface area contributed by atoms with Crippen molar-refractivity contribution in [3.63, 3.8) is 0 Å². The lowest BCUT2D eigenvalue weighted by atomic mass is 10.1. The number of anilines is 1. The summed E-state index contributed by atoms with van der Waals surface area (Å²) in [5, 5.41) is 10.4. The number of ether oxygens (including phenoxy) is 1. The molecular formula is C17H16N4O3. The molecule has 1 amide bonds. The molecule has 0 unspecified atom stereocenters. The number of methoxy groups -OCH3 is 1. The number of nitrogens with one attached hydrogen (secondary N) is 2. The number of nitrogens with zero attached hydrogens (tertiary/aromatic N) is 2. The van der Waals surface area contributed by atoms with Crippen molar-refractivity contribution in [3.05, 3.63) is 59.7 Å². The molecule has 2 aromatic heterocycles. The van der Waals surface area contributed by atoms with Crippen LogP contribution in [0.25, 0.3) is 5.69 Å². The van der Waals surface area contributed by atoms with E-state index in [9.17, 15) is 4.79 Å². The van der Waals surface area contributed by atoms with Crippen LogP contribution in [0.5, 0.6) is 5.75 Å². The summed E-state index contributed by atoms with van der Waals surface area (Å²) in [4.78, 5) is 12.4. The van der Waals surface area contributed by atoms with Crippen LogP contribution in [0.15, 0.2) is 47.2 Å². The summed E-state index contributed by atoms with van der Waals surface area (Å²) in [6.45, 7) is 0.963. The lowest BCUT2D eigenvalue weighted by Crippen LogP contribution is -2.24. The third-order valence-electron chi connectivity index (χ3n) is 3.98. The minimum atomic E-state index is -0.202. The van der Waals surface area contributed by atoms with E-state index in [1.165, 1.54) is 0 Å². The molecule has 0 atom stereocenters. The van der Waals surface area contributed by atoms with Gasteiger partial charge in [-0.05, 0) is 23.8 Å². The standard InChI is InChI=1S/C17H16N4O3/c1-23-12-5-4-11-8-18-16-14(10-20-21(16)15(11)7-12)17(22)19-9-13-3-2-6-24-13/h2-7,10,18H,8-9H2,1H3,(H,19,22). The Morgan fingerprint density at radius 2 is 2.38 bits per heavy atom. The molecule has 1 aliphatic heterocycles. The Hall–Kier alpha value is -3.22. The maximum absolute atomic E-state index is 12.4. The van der Waals surface area contributed by atoms with Crippen molar-refractivity contribution < 1.29 is 13.9 Å². The van der Waals surface area contributed by atoms with Gasteiger partial charge in [0, 0.05) is 12.6 Å². The van der Waals surface area contributed by atoms with Gasteiger partial charge in [0.2, 0.25) is 0 Å².